The molecule has 0 bridgehead atoms. The molecule has 10 heteroatoms. The number of thiophene rings is 1. The van der Waals surface area contributed by atoms with Gasteiger partial charge in [0.05, 0.1) is 40.1 Å². The molecule has 1 N–H and O–H groups in total. The first-order valence-corrected chi connectivity index (χ1v) is 8.55. The third-order valence-corrected chi connectivity index (χ3v) is 4.76. The number of nitro groups is 1. The molecule has 2 rings (SSSR count). The predicted molar refractivity (Wildman–Crippen MR) is 101 cm³/mol. The van der Waals surface area contributed by atoms with Gasteiger partial charge in [-0.15, -0.1) is 11.3 Å². The topological polar surface area (TPSA) is 111 Å². The number of rotatable bonds is 6. The molecule has 0 aliphatic heterocycles. The Bertz CT molecular complexity index is 906. The van der Waals surface area contributed by atoms with Gasteiger partial charge in [-0.3, -0.25) is 19.7 Å². The molecule has 1 aromatic heterocycles. The van der Waals surface area contributed by atoms with E-state index in [1.165, 1.54) is 37.3 Å². The Morgan fingerprint density at radius 3 is 2.22 bits per heavy atom. The third kappa shape index (κ3) is 4.17. The van der Waals surface area contributed by atoms with Crippen molar-refractivity contribution >= 4 is 34.5 Å². The maximum atomic E-state index is 12.6. The highest BCUT2D eigenvalue weighted by molar-refractivity contribution is 7.14. The number of anilines is 1. The Morgan fingerprint density at radius 2 is 1.74 bits per heavy atom. The summed E-state index contributed by atoms with van der Waals surface area (Å²) in [4.78, 5) is 37.5. The van der Waals surface area contributed by atoms with Crippen LogP contribution in [0.4, 0.5) is 11.4 Å². The molecule has 0 spiro atoms. The number of nitrogens with one attached hydrogen (secondary N) is 1. The highest BCUT2D eigenvalue weighted by atomic mass is 32.1. The first-order chi connectivity index (χ1) is 12.7. The van der Waals surface area contributed by atoms with Crippen LogP contribution in [-0.2, 0) is 0 Å². The molecule has 2 aromatic rings. The summed E-state index contributed by atoms with van der Waals surface area (Å²) < 4.78 is 10.4. The lowest BCUT2D eigenvalue weighted by Crippen LogP contribution is -2.24. The van der Waals surface area contributed by atoms with Crippen molar-refractivity contribution in [3.63, 3.8) is 0 Å². The monoisotopic (exact) mass is 393 g/mol. The van der Waals surface area contributed by atoms with Crippen LogP contribution >= 0.6 is 11.3 Å². The largest absolute Gasteiger partial charge is 0.493 e. The Balaban J connectivity index is 2.47. The first kappa shape index (κ1) is 20.2. The van der Waals surface area contributed by atoms with E-state index < -0.39 is 10.8 Å². The smallest absolute Gasteiger partial charge is 0.283 e. The molecule has 0 fully saturated rings. The molecule has 9 nitrogen and oxygen atoms in total. The summed E-state index contributed by atoms with van der Waals surface area (Å²) in [7, 11) is 6.03. The van der Waals surface area contributed by atoms with Gasteiger partial charge in [0.1, 0.15) is 0 Å². The van der Waals surface area contributed by atoms with Gasteiger partial charge in [-0.25, -0.2) is 0 Å². The second-order valence-corrected chi connectivity index (χ2v) is 6.97. The van der Waals surface area contributed by atoms with E-state index >= 15 is 0 Å². The predicted octanol–water partition coefficient (Wildman–Crippen LogP) is 2.94. The van der Waals surface area contributed by atoms with E-state index in [4.69, 9.17) is 9.47 Å². The lowest BCUT2D eigenvalue weighted by Gasteiger charge is -2.17. The van der Waals surface area contributed by atoms with Gasteiger partial charge in [0.2, 0.25) is 0 Å². The molecule has 0 aliphatic carbocycles. The van der Waals surface area contributed by atoms with Crippen molar-refractivity contribution < 1.29 is 24.0 Å². The van der Waals surface area contributed by atoms with E-state index in [1.807, 2.05) is 0 Å². The van der Waals surface area contributed by atoms with Crippen molar-refractivity contribution in [3.8, 4) is 11.5 Å². The molecular formula is C17H19N3O6S. The van der Waals surface area contributed by atoms with E-state index in [9.17, 15) is 19.7 Å². The van der Waals surface area contributed by atoms with E-state index in [0.717, 1.165) is 11.3 Å². The fraction of sp³-hybridized carbons (Fsp3) is 0.294. The van der Waals surface area contributed by atoms with Gasteiger partial charge in [-0.05, 0) is 13.0 Å². The number of benzene rings is 1. The highest BCUT2D eigenvalue weighted by Crippen LogP contribution is 2.35. The van der Waals surface area contributed by atoms with Crippen molar-refractivity contribution in [2.45, 2.75) is 6.92 Å². The van der Waals surface area contributed by atoms with Crippen LogP contribution in [0.5, 0.6) is 11.5 Å². The van der Waals surface area contributed by atoms with Gasteiger partial charge in [-0.2, -0.15) is 0 Å². The SMILES string of the molecule is COc1cc(NC(=O)c2cc([N+](=O)[O-])c(C)s2)c(C(=O)N(C)C)cc1OC. The van der Waals surface area contributed by atoms with Gasteiger partial charge in [-0.1, -0.05) is 0 Å². The number of amides is 2. The zero-order chi connectivity index (χ0) is 20.3. The summed E-state index contributed by atoms with van der Waals surface area (Å²) in [6.07, 6.45) is 0. The average Bonchev–Trinajstić information content (AvgIpc) is 3.02. The number of ether oxygens (including phenoxy) is 2. The minimum atomic E-state index is -0.559. The molecule has 0 saturated carbocycles. The molecule has 0 unspecified atom stereocenters. The Hall–Kier alpha value is -3.14. The second kappa shape index (κ2) is 8.04. The Labute approximate surface area is 159 Å². The average molecular weight is 393 g/mol. The van der Waals surface area contributed by atoms with E-state index in [1.54, 1.807) is 21.0 Å². The van der Waals surface area contributed by atoms with Crippen LogP contribution in [0.2, 0.25) is 0 Å². The summed E-state index contributed by atoms with van der Waals surface area (Å²) in [6, 6.07) is 4.16. The van der Waals surface area contributed by atoms with Gasteiger partial charge >= 0.3 is 0 Å². The highest BCUT2D eigenvalue weighted by Gasteiger charge is 2.23. The van der Waals surface area contributed by atoms with Crippen LogP contribution < -0.4 is 14.8 Å². The fourth-order valence-corrected chi connectivity index (χ4v) is 3.23. The Morgan fingerprint density at radius 1 is 1.15 bits per heavy atom. The van der Waals surface area contributed by atoms with Gasteiger partial charge in [0, 0.05) is 26.2 Å². The minimum Gasteiger partial charge on any atom is -0.493 e. The molecule has 2 amide bonds. The van der Waals surface area contributed by atoms with Crippen molar-refractivity contribution in [2.24, 2.45) is 0 Å². The van der Waals surface area contributed by atoms with E-state index in [2.05, 4.69) is 5.32 Å². The van der Waals surface area contributed by atoms with Gasteiger partial charge in [0.15, 0.2) is 11.5 Å². The quantitative estimate of drug-likeness (QED) is 0.597. The van der Waals surface area contributed by atoms with Gasteiger partial charge < -0.3 is 19.7 Å². The van der Waals surface area contributed by atoms with Crippen LogP contribution in [0, 0.1) is 17.0 Å². The second-order valence-electron chi connectivity index (χ2n) is 5.72. The first-order valence-electron chi connectivity index (χ1n) is 7.73. The lowest BCUT2D eigenvalue weighted by molar-refractivity contribution is -0.385. The molecule has 0 saturated heterocycles. The summed E-state index contributed by atoms with van der Waals surface area (Å²) in [6.45, 7) is 1.57. The third-order valence-electron chi connectivity index (χ3n) is 3.72. The molecule has 0 aliphatic rings. The summed E-state index contributed by atoms with van der Waals surface area (Å²) >= 11 is 1.00. The fourth-order valence-electron chi connectivity index (χ4n) is 2.35. The summed E-state index contributed by atoms with van der Waals surface area (Å²) in [5.74, 6) is -0.240. The molecule has 1 aromatic carbocycles. The van der Waals surface area contributed by atoms with Crippen LogP contribution in [-0.4, -0.2) is 50.0 Å². The maximum Gasteiger partial charge on any atom is 0.283 e. The molecule has 0 atom stereocenters. The standard InChI is InChI=1S/C17H19N3O6S/c1-9-12(20(23)24)8-15(27-9)16(21)18-11-7-14(26-5)13(25-4)6-10(11)17(22)19(2)3/h6-8H,1-5H3,(H,18,21). The summed E-state index contributed by atoms with van der Waals surface area (Å²) in [5.41, 5.74) is 0.292. The summed E-state index contributed by atoms with van der Waals surface area (Å²) in [5, 5.41) is 13.6. The molecule has 27 heavy (non-hydrogen) atoms. The van der Waals surface area contributed by atoms with Crippen molar-refractivity contribution in [1.82, 2.24) is 4.90 Å². The number of hydrogen-bond donors (Lipinski definition) is 1. The molecule has 1 heterocycles. The number of carbonyl (C=O) groups is 2. The number of aryl methyl sites for hydroxylation is 1. The number of hydrogen-bond acceptors (Lipinski definition) is 7. The minimum absolute atomic E-state index is 0.123. The molecular weight excluding hydrogens is 374 g/mol. The van der Waals surface area contributed by atoms with Gasteiger partial charge in [0.25, 0.3) is 17.5 Å². The zero-order valence-corrected chi connectivity index (χ0v) is 16.3. The lowest BCUT2D eigenvalue weighted by atomic mass is 10.1. The Kier molecular flexibility index (Phi) is 6.01. The van der Waals surface area contributed by atoms with Crippen molar-refractivity contribution in [1.29, 1.82) is 0 Å². The molecule has 0 radical (unpaired) electrons. The number of nitrogens with zero attached hydrogens (tertiary/aromatic N) is 2. The maximum absolute atomic E-state index is 12.6. The number of carbonyl (C=O) groups excluding carboxylic acids is 2. The number of methoxy groups -OCH3 is 2. The van der Waals surface area contributed by atoms with Crippen LogP contribution in [0.1, 0.15) is 24.9 Å². The normalized spacial score (nSPS) is 10.3. The molecule has 144 valence electrons. The van der Waals surface area contributed by atoms with Crippen LogP contribution in [0.25, 0.3) is 0 Å². The van der Waals surface area contributed by atoms with Crippen LogP contribution in [0.15, 0.2) is 18.2 Å². The van der Waals surface area contributed by atoms with E-state index in [0.29, 0.717) is 16.4 Å². The van der Waals surface area contributed by atoms with Crippen molar-refractivity contribution in [3.05, 3.63) is 43.6 Å². The van der Waals surface area contributed by atoms with Crippen LogP contribution in [0.3, 0.4) is 0 Å². The zero-order valence-electron chi connectivity index (χ0n) is 15.5. The van der Waals surface area contributed by atoms with E-state index in [-0.39, 0.29) is 27.7 Å². The van der Waals surface area contributed by atoms with Crippen molar-refractivity contribution in [2.75, 3.05) is 33.6 Å².